The van der Waals surface area contributed by atoms with Gasteiger partial charge in [0.15, 0.2) is 5.82 Å². The van der Waals surface area contributed by atoms with Crippen molar-refractivity contribution >= 4 is 5.95 Å². The predicted octanol–water partition coefficient (Wildman–Crippen LogP) is 1.16. The van der Waals surface area contributed by atoms with Crippen LogP contribution in [0.5, 0.6) is 0 Å². The first kappa shape index (κ1) is 8.34. The number of hydrogen-bond donors (Lipinski definition) is 0. The molecule has 0 spiro atoms. The van der Waals surface area contributed by atoms with Gasteiger partial charge in [-0.3, -0.25) is 0 Å². The average Bonchev–Trinajstić information content (AvgIpc) is 2.53. The van der Waals surface area contributed by atoms with Gasteiger partial charge < -0.3 is 4.90 Å². The molecule has 5 heteroatoms. The van der Waals surface area contributed by atoms with E-state index in [1.165, 1.54) is 0 Å². The first-order valence-corrected chi connectivity index (χ1v) is 4.12. The lowest BCUT2D eigenvalue weighted by molar-refractivity contribution is 0.364. The van der Waals surface area contributed by atoms with Crippen LogP contribution in [-0.2, 0) is 0 Å². The highest BCUT2D eigenvalue weighted by molar-refractivity contribution is 5.30. The van der Waals surface area contributed by atoms with Crippen molar-refractivity contribution in [2.24, 2.45) is 0 Å². The lowest BCUT2D eigenvalue weighted by atomic mass is 10.3. The van der Waals surface area contributed by atoms with Crippen LogP contribution in [0.15, 0.2) is 12.4 Å². The van der Waals surface area contributed by atoms with Crippen molar-refractivity contribution < 1.29 is 8.78 Å². The maximum Gasteiger partial charge on any atom is 0.225 e. The third-order valence-corrected chi connectivity index (χ3v) is 2.02. The zero-order valence-electron chi connectivity index (χ0n) is 6.95. The van der Waals surface area contributed by atoms with Crippen LogP contribution in [0.3, 0.4) is 0 Å². The van der Waals surface area contributed by atoms with Crippen molar-refractivity contribution in [3.63, 3.8) is 0 Å². The molecule has 2 heterocycles. The summed E-state index contributed by atoms with van der Waals surface area (Å²) in [5.41, 5.74) is 0. The van der Waals surface area contributed by atoms with Gasteiger partial charge in [0.1, 0.15) is 6.17 Å². The van der Waals surface area contributed by atoms with Gasteiger partial charge in [0.2, 0.25) is 5.95 Å². The molecule has 0 bridgehead atoms. The van der Waals surface area contributed by atoms with Crippen LogP contribution < -0.4 is 4.90 Å². The van der Waals surface area contributed by atoms with Crippen LogP contribution in [0.1, 0.15) is 6.42 Å². The first-order chi connectivity index (χ1) is 6.25. The van der Waals surface area contributed by atoms with Crippen molar-refractivity contribution in [1.82, 2.24) is 9.97 Å². The summed E-state index contributed by atoms with van der Waals surface area (Å²) in [6.07, 6.45) is 1.87. The van der Waals surface area contributed by atoms with Crippen molar-refractivity contribution in [2.45, 2.75) is 12.6 Å². The molecule has 1 aliphatic rings. The van der Waals surface area contributed by atoms with E-state index in [0.29, 0.717) is 25.5 Å². The van der Waals surface area contributed by atoms with Crippen molar-refractivity contribution in [3.8, 4) is 0 Å². The summed E-state index contributed by atoms with van der Waals surface area (Å²) >= 11 is 0. The van der Waals surface area contributed by atoms with Crippen LogP contribution in [-0.4, -0.2) is 29.2 Å². The summed E-state index contributed by atoms with van der Waals surface area (Å²) in [5.74, 6) is -0.0682. The Kier molecular flexibility index (Phi) is 2.08. The van der Waals surface area contributed by atoms with Crippen LogP contribution in [0, 0.1) is 5.82 Å². The molecule has 0 radical (unpaired) electrons. The molecule has 1 aliphatic heterocycles. The van der Waals surface area contributed by atoms with Gasteiger partial charge in [-0.05, 0) is 6.42 Å². The molecule has 1 aromatic heterocycles. The Morgan fingerprint density at radius 3 is 2.62 bits per heavy atom. The Labute approximate surface area is 74.4 Å². The molecule has 70 valence electrons. The normalized spacial score (nSPS) is 22.3. The summed E-state index contributed by atoms with van der Waals surface area (Å²) in [5, 5.41) is 0. The van der Waals surface area contributed by atoms with Crippen molar-refractivity contribution in [3.05, 3.63) is 18.2 Å². The zero-order valence-corrected chi connectivity index (χ0v) is 6.95. The summed E-state index contributed by atoms with van der Waals surface area (Å²) in [4.78, 5) is 9.25. The largest absolute Gasteiger partial charge is 0.338 e. The van der Waals surface area contributed by atoms with Crippen LogP contribution in [0.2, 0.25) is 0 Å². The molecule has 1 aromatic rings. The van der Waals surface area contributed by atoms with E-state index < -0.39 is 12.0 Å². The SMILES string of the molecule is Fc1cnc(N2CCC(F)C2)nc1. The van der Waals surface area contributed by atoms with Gasteiger partial charge in [-0.25, -0.2) is 18.7 Å². The molecule has 0 N–H and O–H groups in total. The highest BCUT2D eigenvalue weighted by atomic mass is 19.1. The van der Waals surface area contributed by atoms with Crippen LogP contribution >= 0.6 is 0 Å². The number of rotatable bonds is 1. The third kappa shape index (κ3) is 1.74. The average molecular weight is 185 g/mol. The Morgan fingerprint density at radius 2 is 2.08 bits per heavy atom. The third-order valence-electron chi connectivity index (χ3n) is 2.02. The molecule has 1 atom stereocenters. The zero-order chi connectivity index (χ0) is 9.26. The summed E-state index contributed by atoms with van der Waals surface area (Å²) in [6, 6.07) is 0. The van der Waals surface area contributed by atoms with E-state index in [9.17, 15) is 8.78 Å². The van der Waals surface area contributed by atoms with E-state index in [4.69, 9.17) is 0 Å². The minimum atomic E-state index is -0.811. The number of aromatic nitrogens is 2. The molecule has 13 heavy (non-hydrogen) atoms. The Balaban J connectivity index is 2.13. The number of alkyl halides is 1. The fourth-order valence-corrected chi connectivity index (χ4v) is 1.37. The summed E-state index contributed by atoms with van der Waals surface area (Å²) in [7, 11) is 0. The fourth-order valence-electron chi connectivity index (χ4n) is 1.37. The van der Waals surface area contributed by atoms with Gasteiger partial charge in [0.05, 0.1) is 18.9 Å². The van der Waals surface area contributed by atoms with Gasteiger partial charge in [-0.15, -0.1) is 0 Å². The van der Waals surface area contributed by atoms with Crippen LogP contribution in [0.4, 0.5) is 14.7 Å². The number of nitrogens with zero attached hydrogens (tertiary/aromatic N) is 3. The molecule has 1 fully saturated rings. The maximum atomic E-state index is 12.8. The van der Waals surface area contributed by atoms with Gasteiger partial charge in [-0.2, -0.15) is 0 Å². The minimum absolute atomic E-state index is 0.311. The molecule has 1 unspecified atom stereocenters. The van der Waals surface area contributed by atoms with E-state index in [0.717, 1.165) is 12.4 Å². The second-order valence-corrected chi connectivity index (χ2v) is 3.03. The Bertz CT molecular complexity index is 288. The van der Waals surface area contributed by atoms with Crippen molar-refractivity contribution in [2.75, 3.05) is 18.0 Å². The highest BCUT2D eigenvalue weighted by Gasteiger charge is 2.23. The van der Waals surface area contributed by atoms with E-state index in [1.807, 2.05) is 0 Å². The Morgan fingerprint density at radius 1 is 1.38 bits per heavy atom. The lowest BCUT2D eigenvalue weighted by Gasteiger charge is -2.13. The second-order valence-electron chi connectivity index (χ2n) is 3.03. The summed E-state index contributed by atoms with van der Waals surface area (Å²) < 4.78 is 25.2. The number of hydrogen-bond acceptors (Lipinski definition) is 3. The molecule has 3 nitrogen and oxygen atoms in total. The Hall–Kier alpha value is -1.26. The van der Waals surface area contributed by atoms with Gasteiger partial charge in [0, 0.05) is 6.54 Å². The minimum Gasteiger partial charge on any atom is -0.338 e. The predicted molar refractivity (Wildman–Crippen MR) is 43.7 cm³/mol. The highest BCUT2D eigenvalue weighted by Crippen LogP contribution is 2.17. The molecule has 0 aliphatic carbocycles. The van der Waals surface area contributed by atoms with Gasteiger partial charge >= 0.3 is 0 Å². The maximum absolute atomic E-state index is 12.8. The molecular formula is C8H9F2N3. The molecule has 0 aromatic carbocycles. The number of anilines is 1. The van der Waals surface area contributed by atoms with Crippen LogP contribution in [0.25, 0.3) is 0 Å². The summed E-state index contributed by atoms with van der Waals surface area (Å²) in [6.45, 7) is 0.915. The fraction of sp³-hybridized carbons (Fsp3) is 0.500. The molecular weight excluding hydrogens is 176 g/mol. The monoisotopic (exact) mass is 185 g/mol. The molecule has 0 saturated carbocycles. The topological polar surface area (TPSA) is 29.0 Å². The molecule has 0 amide bonds. The first-order valence-electron chi connectivity index (χ1n) is 4.12. The lowest BCUT2D eigenvalue weighted by Crippen LogP contribution is -2.22. The quantitative estimate of drug-likeness (QED) is 0.657. The standard InChI is InChI=1S/C8H9F2N3/c9-6-1-2-13(5-6)8-11-3-7(10)4-12-8/h3-4,6H,1-2,5H2. The van der Waals surface area contributed by atoms with E-state index in [-0.39, 0.29) is 0 Å². The van der Waals surface area contributed by atoms with E-state index in [2.05, 4.69) is 9.97 Å². The second kappa shape index (κ2) is 3.24. The molecule has 2 rings (SSSR count). The number of halogens is 2. The molecule has 1 saturated heterocycles. The van der Waals surface area contributed by atoms with Crippen molar-refractivity contribution in [1.29, 1.82) is 0 Å². The smallest absolute Gasteiger partial charge is 0.225 e. The van der Waals surface area contributed by atoms with E-state index in [1.54, 1.807) is 4.90 Å². The van der Waals surface area contributed by atoms with Gasteiger partial charge in [-0.1, -0.05) is 0 Å². The van der Waals surface area contributed by atoms with Gasteiger partial charge in [0.25, 0.3) is 0 Å². The van der Waals surface area contributed by atoms with E-state index >= 15 is 0 Å².